The van der Waals surface area contributed by atoms with Crippen LogP contribution in [0.5, 0.6) is 5.75 Å². The molecule has 3 heterocycles. The van der Waals surface area contributed by atoms with E-state index in [0.717, 1.165) is 21.9 Å². The van der Waals surface area contributed by atoms with Crippen molar-refractivity contribution in [1.82, 2.24) is 10.2 Å². The Labute approximate surface area is 205 Å². The number of amides is 2. The number of rotatable bonds is 8. The fourth-order valence-electron chi connectivity index (χ4n) is 3.50. The summed E-state index contributed by atoms with van der Waals surface area (Å²) in [6.45, 7) is -0.438. The van der Waals surface area contributed by atoms with Crippen LogP contribution in [0.1, 0.15) is 4.88 Å². The summed E-state index contributed by atoms with van der Waals surface area (Å²) in [5.74, 6) is -2.11. The number of thioether (sulfide) groups is 1. The lowest BCUT2D eigenvalue weighted by atomic mass is 10.0. The van der Waals surface area contributed by atoms with Gasteiger partial charge in [-0.1, -0.05) is 6.07 Å². The molecule has 1 unspecified atom stereocenters. The molecular weight excluding hydrogens is 502 g/mol. The van der Waals surface area contributed by atoms with Crippen molar-refractivity contribution in [1.29, 1.82) is 0 Å². The van der Waals surface area contributed by atoms with E-state index in [9.17, 15) is 34.4 Å². The van der Waals surface area contributed by atoms with Crippen LogP contribution in [0.3, 0.4) is 0 Å². The highest BCUT2D eigenvalue weighted by Crippen LogP contribution is 2.40. The van der Waals surface area contributed by atoms with Crippen molar-refractivity contribution in [2.75, 3.05) is 12.4 Å². The van der Waals surface area contributed by atoms with E-state index in [-0.39, 0.29) is 40.8 Å². The van der Waals surface area contributed by atoms with Crippen LogP contribution in [0.2, 0.25) is 0 Å². The number of benzene rings is 1. The molecule has 0 radical (unpaired) electrons. The van der Waals surface area contributed by atoms with Crippen molar-refractivity contribution in [3.8, 4) is 5.75 Å². The molecule has 2 amide bonds. The van der Waals surface area contributed by atoms with Gasteiger partial charge in [0.2, 0.25) is 5.91 Å². The summed E-state index contributed by atoms with van der Waals surface area (Å²) in [6, 6.07) is 7.50. The summed E-state index contributed by atoms with van der Waals surface area (Å²) in [6.07, 6.45) is -1.02. The first-order chi connectivity index (χ1) is 16.7. The minimum atomic E-state index is -1.37. The molecule has 14 heteroatoms. The second-order valence-electron chi connectivity index (χ2n) is 7.36. The number of carbonyl (C=O) groups is 4. The van der Waals surface area contributed by atoms with Crippen LogP contribution in [0.15, 0.2) is 53.0 Å². The average Bonchev–Trinajstić information content (AvgIpc) is 3.33. The lowest BCUT2D eigenvalue weighted by Crippen LogP contribution is -2.70. The van der Waals surface area contributed by atoms with Gasteiger partial charge in [-0.2, -0.15) is 0 Å². The minimum absolute atomic E-state index is 0.00479. The van der Waals surface area contributed by atoms with Gasteiger partial charge in [0.05, 0.1) is 11.3 Å². The molecule has 1 aromatic carbocycles. The standard InChI is InChI=1S/C21H17N3O9S2/c25-15(8-14-2-1-7-34-14)22-16-18(26)23-17(20(27)28)11(10-35-19(16)23)9-32-21(29)33-13-5-3-12(4-6-13)24(30)31/h1-7,16,19H,8-10H2,(H,22,25)(H,27,28)/t16?,19-/m0/s1. The van der Waals surface area contributed by atoms with E-state index in [4.69, 9.17) is 9.47 Å². The number of fused-ring (bicyclic) bond motifs is 1. The largest absolute Gasteiger partial charge is 0.514 e. The number of thiophene rings is 1. The predicted octanol–water partition coefficient (Wildman–Crippen LogP) is 2.15. The Morgan fingerprint density at radius 1 is 1.23 bits per heavy atom. The Morgan fingerprint density at radius 2 is 1.97 bits per heavy atom. The van der Waals surface area contributed by atoms with Gasteiger partial charge in [0.15, 0.2) is 0 Å². The van der Waals surface area contributed by atoms with Crippen LogP contribution in [-0.4, -0.2) is 62.6 Å². The number of ether oxygens (including phenoxy) is 2. The van der Waals surface area contributed by atoms with Crippen LogP contribution >= 0.6 is 23.1 Å². The van der Waals surface area contributed by atoms with Gasteiger partial charge in [-0.3, -0.25) is 24.6 Å². The SMILES string of the molecule is O=C(Cc1cccs1)NC1C(=O)N2C(C(=O)O)=C(COC(=O)Oc3ccc([N+](=O)[O-])cc3)CS[C@@H]12. The summed E-state index contributed by atoms with van der Waals surface area (Å²) < 4.78 is 9.94. The third-order valence-corrected chi connectivity index (χ3v) is 7.31. The molecule has 1 saturated heterocycles. The summed E-state index contributed by atoms with van der Waals surface area (Å²) in [5, 5.41) is 24.3. The number of carboxylic acid groups (broad SMARTS) is 1. The van der Waals surface area contributed by atoms with Crippen LogP contribution < -0.4 is 10.1 Å². The van der Waals surface area contributed by atoms with Gasteiger partial charge in [-0.05, 0) is 23.6 Å². The molecule has 0 aliphatic carbocycles. The Kier molecular flexibility index (Phi) is 7.02. The first-order valence-corrected chi connectivity index (χ1v) is 12.0. The maximum Gasteiger partial charge on any atom is 0.514 e. The second-order valence-corrected chi connectivity index (χ2v) is 9.50. The van der Waals surface area contributed by atoms with Crippen molar-refractivity contribution < 1.29 is 38.7 Å². The topological polar surface area (TPSA) is 165 Å². The molecule has 12 nitrogen and oxygen atoms in total. The monoisotopic (exact) mass is 519 g/mol. The number of nitro groups is 1. The number of nitro benzene ring substituents is 1. The normalized spacial score (nSPS) is 18.9. The molecule has 2 aromatic rings. The number of hydrogen-bond donors (Lipinski definition) is 2. The van der Waals surface area contributed by atoms with Crippen molar-refractivity contribution >= 4 is 52.7 Å². The fraction of sp³-hybridized carbons (Fsp3) is 0.238. The summed E-state index contributed by atoms with van der Waals surface area (Å²) in [5.41, 5.74) is -0.294. The van der Waals surface area contributed by atoms with E-state index in [1.807, 2.05) is 11.4 Å². The molecule has 2 atom stereocenters. The molecule has 0 saturated carbocycles. The average molecular weight is 520 g/mol. The lowest BCUT2D eigenvalue weighted by molar-refractivity contribution is -0.384. The van der Waals surface area contributed by atoms with E-state index in [1.54, 1.807) is 6.07 Å². The van der Waals surface area contributed by atoms with Crippen molar-refractivity contribution in [2.24, 2.45) is 0 Å². The number of carbonyl (C=O) groups excluding carboxylic acids is 3. The number of β-lactam (4-membered cyclic amide) rings is 1. The van der Waals surface area contributed by atoms with Crippen molar-refractivity contribution in [3.63, 3.8) is 0 Å². The van der Waals surface area contributed by atoms with Crippen molar-refractivity contribution in [3.05, 3.63) is 68.0 Å². The molecule has 2 aliphatic rings. The molecule has 182 valence electrons. The molecule has 0 spiro atoms. The number of nitrogens with zero attached hydrogens (tertiary/aromatic N) is 2. The highest BCUT2D eigenvalue weighted by Gasteiger charge is 2.54. The summed E-state index contributed by atoms with van der Waals surface area (Å²) in [7, 11) is 0. The smallest absolute Gasteiger partial charge is 0.477 e. The van der Waals surface area contributed by atoms with Gasteiger partial charge in [0, 0.05) is 28.3 Å². The molecule has 4 rings (SSSR count). The van der Waals surface area contributed by atoms with Crippen LogP contribution in [0, 0.1) is 10.1 Å². The molecule has 35 heavy (non-hydrogen) atoms. The highest BCUT2D eigenvalue weighted by atomic mass is 32.2. The minimum Gasteiger partial charge on any atom is -0.477 e. The number of nitrogens with one attached hydrogen (secondary N) is 1. The Hall–Kier alpha value is -3.91. The zero-order chi connectivity index (χ0) is 25.1. The molecule has 0 bridgehead atoms. The van der Waals surface area contributed by atoms with Gasteiger partial charge in [0.25, 0.3) is 11.6 Å². The van der Waals surface area contributed by atoms with Crippen LogP contribution in [0.4, 0.5) is 10.5 Å². The second kappa shape index (κ2) is 10.1. The van der Waals surface area contributed by atoms with Gasteiger partial charge in [-0.15, -0.1) is 23.1 Å². The third-order valence-electron chi connectivity index (χ3n) is 5.09. The third kappa shape index (κ3) is 5.27. The first kappa shape index (κ1) is 24.2. The summed E-state index contributed by atoms with van der Waals surface area (Å²) >= 11 is 2.66. The molecule has 2 aliphatic heterocycles. The van der Waals surface area contributed by atoms with Gasteiger partial charge in [-0.25, -0.2) is 9.59 Å². The number of non-ortho nitro benzene ring substituents is 1. The molecule has 1 aromatic heterocycles. The Morgan fingerprint density at radius 3 is 2.60 bits per heavy atom. The highest BCUT2D eigenvalue weighted by molar-refractivity contribution is 8.00. The number of aliphatic carboxylic acids is 1. The quantitative estimate of drug-likeness (QED) is 0.173. The van der Waals surface area contributed by atoms with Gasteiger partial charge < -0.3 is 19.9 Å². The Bertz CT molecular complexity index is 1210. The molecule has 2 N–H and O–H groups in total. The lowest BCUT2D eigenvalue weighted by Gasteiger charge is -2.49. The van der Waals surface area contributed by atoms with E-state index >= 15 is 0 Å². The van der Waals surface area contributed by atoms with Crippen LogP contribution in [0.25, 0.3) is 0 Å². The predicted molar refractivity (Wildman–Crippen MR) is 123 cm³/mol. The fourth-order valence-corrected chi connectivity index (χ4v) is 5.53. The zero-order valence-electron chi connectivity index (χ0n) is 17.7. The van der Waals surface area contributed by atoms with Crippen molar-refractivity contribution in [2.45, 2.75) is 17.8 Å². The van der Waals surface area contributed by atoms with Crippen LogP contribution in [-0.2, 0) is 25.5 Å². The zero-order valence-corrected chi connectivity index (χ0v) is 19.4. The van der Waals surface area contributed by atoms with E-state index in [2.05, 4.69) is 5.32 Å². The maximum absolute atomic E-state index is 12.7. The van der Waals surface area contributed by atoms with Gasteiger partial charge >= 0.3 is 12.1 Å². The number of hydrogen-bond acceptors (Lipinski definition) is 10. The molecular formula is C21H17N3O9S2. The summed E-state index contributed by atoms with van der Waals surface area (Å²) in [4.78, 5) is 60.8. The first-order valence-electron chi connectivity index (χ1n) is 10.1. The number of carboxylic acids is 1. The maximum atomic E-state index is 12.7. The molecule has 1 fully saturated rings. The van der Waals surface area contributed by atoms with Gasteiger partial charge in [0.1, 0.15) is 29.5 Å². The van der Waals surface area contributed by atoms with E-state index < -0.39 is 41.0 Å². The Balaban J connectivity index is 1.36. The van der Waals surface area contributed by atoms with E-state index in [0.29, 0.717) is 0 Å². The van der Waals surface area contributed by atoms with E-state index in [1.165, 1.54) is 35.2 Å².